The summed E-state index contributed by atoms with van der Waals surface area (Å²) >= 11 is 0. The summed E-state index contributed by atoms with van der Waals surface area (Å²) in [5.41, 5.74) is 2.95. The molecule has 1 aliphatic heterocycles. The maximum Gasteiger partial charge on any atom is 0.260 e. The van der Waals surface area contributed by atoms with Crippen LogP contribution in [0.25, 0.3) is 11.1 Å². The monoisotopic (exact) mass is 404 g/mol. The first-order chi connectivity index (χ1) is 14.7. The highest BCUT2D eigenvalue weighted by molar-refractivity contribution is 5.78. The van der Waals surface area contributed by atoms with Gasteiger partial charge in [0.1, 0.15) is 11.6 Å². The molecule has 1 heterocycles. The van der Waals surface area contributed by atoms with Crippen molar-refractivity contribution in [3.63, 3.8) is 0 Å². The lowest BCUT2D eigenvalue weighted by Crippen LogP contribution is -2.49. The van der Waals surface area contributed by atoms with E-state index in [0.717, 1.165) is 24.2 Å². The Balaban J connectivity index is 1.24. The molecule has 3 aromatic carbocycles. The van der Waals surface area contributed by atoms with Crippen molar-refractivity contribution < 1.29 is 13.9 Å². The zero-order chi connectivity index (χ0) is 20.8. The molecule has 0 bridgehead atoms. The Morgan fingerprint density at radius 1 is 0.800 bits per heavy atom. The Morgan fingerprint density at radius 2 is 1.43 bits per heavy atom. The highest BCUT2D eigenvalue weighted by atomic mass is 19.1. The van der Waals surface area contributed by atoms with E-state index in [9.17, 15) is 9.18 Å². The summed E-state index contributed by atoms with van der Waals surface area (Å²) in [5, 5.41) is 0. The summed E-state index contributed by atoms with van der Waals surface area (Å²) in [4.78, 5) is 16.5. The first-order valence-electron chi connectivity index (χ1n) is 10.2. The summed E-state index contributed by atoms with van der Waals surface area (Å²) in [6, 6.07) is 24.7. The molecule has 0 aromatic heterocycles. The molecule has 1 aliphatic rings. The van der Waals surface area contributed by atoms with Gasteiger partial charge in [-0.05, 0) is 29.3 Å². The lowest BCUT2D eigenvalue weighted by atomic mass is 10.1. The van der Waals surface area contributed by atoms with Gasteiger partial charge in [0.15, 0.2) is 6.61 Å². The van der Waals surface area contributed by atoms with Crippen LogP contribution in [-0.2, 0) is 11.3 Å². The van der Waals surface area contributed by atoms with Crippen LogP contribution < -0.4 is 4.74 Å². The van der Waals surface area contributed by atoms with Gasteiger partial charge >= 0.3 is 0 Å². The van der Waals surface area contributed by atoms with Crippen molar-refractivity contribution in [1.29, 1.82) is 0 Å². The molecule has 4 rings (SSSR count). The van der Waals surface area contributed by atoms with E-state index >= 15 is 0 Å². The van der Waals surface area contributed by atoms with E-state index in [1.54, 1.807) is 6.07 Å². The van der Waals surface area contributed by atoms with Crippen molar-refractivity contribution in [1.82, 2.24) is 9.80 Å². The fourth-order valence-corrected chi connectivity index (χ4v) is 3.63. The molecule has 0 atom stereocenters. The number of hydrogen-bond donors (Lipinski definition) is 0. The fraction of sp³-hybridized carbons (Fsp3) is 0.240. The Hall–Kier alpha value is -3.18. The molecule has 0 radical (unpaired) electrons. The van der Waals surface area contributed by atoms with Crippen LogP contribution in [0.3, 0.4) is 0 Å². The summed E-state index contributed by atoms with van der Waals surface area (Å²) in [7, 11) is 0. The second-order valence-corrected chi connectivity index (χ2v) is 7.43. The second-order valence-electron chi connectivity index (χ2n) is 7.43. The van der Waals surface area contributed by atoms with E-state index in [2.05, 4.69) is 17.0 Å². The van der Waals surface area contributed by atoms with Gasteiger partial charge in [-0.25, -0.2) is 4.39 Å². The predicted molar refractivity (Wildman–Crippen MR) is 116 cm³/mol. The first kappa shape index (κ1) is 20.1. The Bertz CT molecular complexity index is 968. The summed E-state index contributed by atoms with van der Waals surface area (Å²) in [5.74, 6) is 0.483. The van der Waals surface area contributed by atoms with Crippen LogP contribution in [0.15, 0.2) is 78.9 Å². The number of piperazine rings is 1. The van der Waals surface area contributed by atoms with Crippen molar-refractivity contribution in [3.8, 4) is 16.9 Å². The predicted octanol–water partition coefficient (Wildman–Crippen LogP) is 4.22. The molecule has 3 aromatic rings. The van der Waals surface area contributed by atoms with Gasteiger partial charge in [-0.3, -0.25) is 9.69 Å². The summed E-state index contributed by atoms with van der Waals surface area (Å²) < 4.78 is 19.5. The van der Waals surface area contributed by atoms with E-state index < -0.39 is 0 Å². The topological polar surface area (TPSA) is 32.8 Å². The van der Waals surface area contributed by atoms with Crippen LogP contribution in [0.5, 0.6) is 5.75 Å². The van der Waals surface area contributed by atoms with E-state index in [0.29, 0.717) is 30.9 Å². The third kappa shape index (κ3) is 5.05. The quantitative estimate of drug-likeness (QED) is 0.617. The van der Waals surface area contributed by atoms with Gasteiger partial charge in [-0.2, -0.15) is 0 Å². The third-order valence-electron chi connectivity index (χ3n) is 5.40. The normalized spacial score (nSPS) is 14.5. The zero-order valence-corrected chi connectivity index (χ0v) is 16.8. The van der Waals surface area contributed by atoms with Gasteiger partial charge in [-0.1, -0.05) is 60.7 Å². The zero-order valence-electron chi connectivity index (χ0n) is 16.8. The highest BCUT2D eigenvalue weighted by Gasteiger charge is 2.22. The van der Waals surface area contributed by atoms with Crippen molar-refractivity contribution in [2.24, 2.45) is 0 Å². The molecule has 30 heavy (non-hydrogen) atoms. The Kier molecular flexibility index (Phi) is 6.40. The lowest BCUT2D eigenvalue weighted by molar-refractivity contribution is -0.135. The van der Waals surface area contributed by atoms with E-state index in [1.807, 2.05) is 59.5 Å². The van der Waals surface area contributed by atoms with Crippen molar-refractivity contribution in [2.75, 3.05) is 32.8 Å². The van der Waals surface area contributed by atoms with Gasteiger partial charge in [0.25, 0.3) is 5.91 Å². The molecule has 4 nitrogen and oxygen atoms in total. The number of nitrogens with zero attached hydrogens (tertiary/aromatic N) is 2. The molecule has 0 spiro atoms. The Morgan fingerprint density at radius 3 is 2.13 bits per heavy atom. The third-order valence-corrected chi connectivity index (χ3v) is 5.40. The van der Waals surface area contributed by atoms with E-state index in [1.165, 1.54) is 6.07 Å². The van der Waals surface area contributed by atoms with Crippen LogP contribution >= 0.6 is 0 Å². The Labute approximate surface area is 176 Å². The molecular weight excluding hydrogens is 379 g/mol. The van der Waals surface area contributed by atoms with Crippen molar-refractivity contribution >= 4 is 5.91 Å². The number of carbonyl (C=O) groups is 1. The van der Waals surface area contributed by atoms with Gasteiger partial charge in [-0.15, -0.1) is 0 Å². The molecule has 0 unspecified atom stereocenters. The number of benzene rings is 3. The average Bonchev–Trinajstić information content (AvgIpc) is 2.80. The van der Waals surface area contributed by atoms with Crippen LogP contribution in [0.4, 0.5) is 4.39 Å². The fourth-order valence-electron chi connectivity index (χ4n) is 3.63. The number of rotatable bonds is 6. The number of amides is 1. The minimum Gasteiger partial charge on any atom is -0.484 e. The van der Waals surface area contributed by atoms with E-state index in [-0.39, 0.29) is 18.3 Å². The van der Waals surface area contributed by atoms with Gasteiger partial charge in [0.05, 0.1) is 0 Å². The average molecular weight is 404 g/mol. The maximum absolute atomic E-state index is 13.8. The molecule has 1 amide bonds. The first-order valence-corrected chi connectivity index (χ1v) is 10.2. The number of halogens is 1. The lowest BCUT2D eigenvalue weighted by Gasteiger charge is -2.34. The number of ether oxygens (including phenoxy) is 1. The molecule has 0 aliphatic carbocycles. The van der Waals surface area contributed by atoms with Crippen LogP contribution in [0, 0.1) is 5.82 Å². The van der Waals surface area contributed by atoms with E-state index in [4.69, 9.17) is 4.74 Å². The molecular formula is C25H25FN2O2. The SMILES string of the molecule is O=C(COc1ccc(-c2ccccc2)cc1)N1CCN(Cc2ccccc2F)CC1. The van der Waals surface area contributed by atoms with Crippen molar-refractivity contribution in [2.45, 2.75) is 6.54 Å². The summed E-state index contributed by atoms with van der Waals surface area (Å²) in [6.07, 6.45) is 0. The minimum atomic E-state index is -0.178. The van der Waals surface area contributed by atoms with Gasteiger partial charge in [0.2, 0.25) is 0 Å². The largest absolute Gasteiger partial charge is 0.484 e. The maximum atomic E-state index is 13.8. The smallest absolute Gasteiger partial charge is 0.260 e. The van der Waals surface area contributed by atoms with Crippen LogP contribution in [0.1, 0.15) is 5.56 Å². The van der Waals surface area contributed by atoms with Gasteiger partial charge in [0, 0.05) is 38.3 Å². The molecule has 0 N–H and O–H groups in total. The van der Waals surface area contributed by atoms with Crippen LogP contribution in [0.2, 0.25) is 0 Å². The van der Waals surface area contributed by atoms with Crippen molar-refractivity contribution in [3.05, 3.63) is 90.2 Å². The van der Waals surface area contributed by atoms with Gasteiger partial charge < -0.3 is 9.64 Å². The standard InChI is InChI=1S/C25H25FN2O2/c26-24-9-5-4-8-22(24)18-27-14-16-28(17-15-27)25(29)19-30-23-12-10-21(11-13-23)20-6-2-1-3-7-20/h1-13H,14-19H2. The molecule has 1 saturated heterocycles. The summed E-state index contributed by atoms with van der Waals surface area (Å²) in [6.45, 7) is 3.31. The number of carbonyl (C=O) groups excluding carboxylic acids is 1. The molecule has 1 fully saturated rings. The number of hydrogen-bond acceptors (Lipinski definition) is 3. The highest BCUT2D eigenvalue weighted by Crippen LogP contribution is 2.22. The molecule has 0 saturated carbocycles. The molecule has 5 heteroatoms. The minimum absolute atomic E-state index is 0.0207. The second kappa shape index (κ2) is 9.55. The molecule has 154 valence electrons. The van der Waals surface area contributed by atoms with Crippen LogP contribution in [-0.4, -0.2) is 48.5 Å².